The van der Waals surface area contributed by atoms with E-state index >= 15 is 0 Å². The molecule has 0 radical (unpaired) electrons. The zero-order chi connectivity index (χ0) is 21.2. The molecule has 0 N–H and O–H groups in total. The molecular weight excluding hydrogens is 390 g/mol. The smallest absolute Gasteiger partial charge is 0.241 e. The average molecular weight is 415 g/mol. The highest BCUT2D eigenvalue weighted by molar-refractivity contribution is 5.92. The van der Waals surface area contributed by atoms with E-state index in [4.69, 9.17) is 9.26 Å². The van der Waals surface area contributed by atoms with E-state index in [2.05, 4.69) is 56.1 Å². The van der Waals surface area contributed by atoms with Crippen LogP contribution >= 0.6 is 0 Å². The molecular formula is C24H25N5O2. The Hall–Kier alpha value is -3.45. The third-order valence-electron chi connectivity index (χ3n) is 5.76. The molecule has 0 saturated carbocycles. The Labute approximate surface area is 181 Å². The maximum Gasteiger partial charge on any atom is 0.241 e. The van der Waals surface area contributed by atoms with Gasteiger partial charge < -0.3 is 14.2 Å². The number of aryl methyl sites for hydroxylation is 1. The summed E-state index contributed by atoms with van der Waals surface area (Å²) in [5, 5.41) is 5.36. The molecule has 1 fully saturated rings. The molecule has 7 nitrogen and oxygen atoms in total. The van der Waals surface area contributed by atoms with Crippen LogP contribution in [0.2, 0.25) is 0 Å². The molecule has 0 spiro atoms. The van der Waals surface area contributed by atoms with Crippen LogP contribution < -0.4 is 9.64 Å². The molecule has 158 valence electrons. The van der Waals surface area contributed by atoms with Gasteiger partial charge in [0, 0.05) is 49.0 Å². The highest BCUT2D eigenvalue weighted by Crippen LogP contribution is 2.27. The summed E-state index contributed by atoms with van der Waals surface area (Å²) in [5.74, 6) is 2.06. The van der Waals surface area contributed by atoms with Gasteiger partial charge in [-0.1, -0.05) is 16.8 Å². The molecule has 1 aliphatic rings. The molecule has 0 bridgehead atoms. The molecule has 1 saturated heterocycles. The number of fused-ring (bicyclic) bond motifs is 1. The lowest BCUT2D eigenvalue weighted by atomic mass is 10.1. The van der Waals surface area contributed by atoms with Crippen molar-refractivity contribution >= 4 is 16.6 Å². The second kappa shape index (κ2) is 8.35. The molecule has 0 amide bonds. The third-order valence-corrected chi connectivity index (χ3v) is 5.76. The molecule has 31 heavy (non-hydrogen) atoms. The summed E-state index contributed by atoms with van der Waals surface area (Å²) in [6.45, 7) is 6.57. The fourth-order valence-corrected chi connectivity index (χ4v) is 4.04. The second-order valence-corrected chi connectivity index (χ2v) is 7.85. The van der Waals surface area contributed by atoms with Gasteiger partial charge >= 0.3 is 0 Å². The van der Waals surface area contributed by atoms with Gasteiger partial charge in [0.25, 0.3) is 0 Å². The number of nitrogens with zero attached hydrogens (tertiary/aromatic N) is 5. The highest BCUT2D eigenvalue weighted by Gasteiger charge is 2.21. The first-order chi connectivity index (χ1) is 15.2. The topological polar surface area (TPSA) is 67.5 Å². The molecule has 7 heteroatoms. The van der Waals surface area contributed by atoms with Crippen LogP contribution in [0.15, 0.2) is 59.3 Å². The van der Waals surface area contributed by atoms with Gasteiger partial charge in [-0.15, -0.1) is 0 Å². The summed E-state index contributed by atoms with van der Waals surface area (Å²) in [5.41, 5.74) is 4.47. The van der Waals surface area contributed by atoms with Gasteiger partial charge in [-0.05, 0) is 49.4 Å². The van der Waals surface area contributed by atoms with Crippen LogP contribution in [-0.4, -0.2) is 53.3 Å². The second-order valence-electron chi connectivity index (χ2n) is 7.85. The molecule has 4 aromatic rings. The number of pyridine rings is 1. The van der Waals surface area contributed by atoms with Crippen molar-refractivity contribution in [3.63, 3.8) is 0 Å². The standard InChI is InChI=1S/C24H25N5O2/c1-17-3-8-21-20(15-17)22(9-10-25-21)29-13-11-28(12-14-29)16-23-26-24(27-31-23)18-4-6-19(30-2)7-5-18/h3-10,15H,11-14,16H2,1-2H3. The van der Waals surface area contributed by atoms with Crippen molar-refractivity contribution in [1.82, 2.24) is 20.0 Å². The Morgan fingerprint density at radius 1 is 1.00 bits per heavy atom. The minimum absolute atomic E-state index is 0.606. The molecule has 3 heterocycles. The number of rotatable bonds is 5. The minimum Gasteiger partial charge on any atom is -0.497 e. The number of piperazine rings is 1. The maximum atomic E-state index is 5.50. The van der Waals surface area contributed by atoms with Crippen LogP contribution in [0.25, 0.3) is 22.3 Å². The zero-order valence-electron chi connectivity index (χ0n) is 17.8. The Bertz CT molecular complexity index is 1180. The molecule has 0 aliphatic carbocycles. The van der Waals surface area contributed by atoms with Gasteiger partial charge in [0.15, 0.2) is 0 Å². The number of hydrogen-bond donors (Lipinski definition) is 0. The highest BCUT2D eigenvalue weighted by atomic mass is 16.5. The SMILES string of the molecule is COc1ccc(-c2noc(CN3CCN(c4ccnc5ccc(C)cc45)CC3)n2)cc1. The van der Waals surface area contributed by atoms with Gasteiger partial charge in [-0.3, -0.25) is 9.88 Å². The fourth-order valence-electron chi connectivity index (χ4n) is 4.04. The van der Waals surface area contributed by atoms with Crippen molar-refractivity contribution < 1.29 is 9.26 Å². The Morgan fingerprint density at radius 3 is 2.58 bits per heavy atom. The number of ether oxygens (including phenoxy) is 1. The van der Waals surface area contributed by atoms with E-state index in [0.29, 0.717) is 18.3 Å². The monoisotopic (exact) mass is 415 g/mol. The van der Waals surface area contributed by atoms with Crippen molar-refractivity contribution in [3.8, 4) is 17.1 Å². The van der Waals surface area contributed by atoms with Crippen LogP contribution in [0.4, 0.5) is 5.69 Å². The molecule has 2 aromatic heterocycles. The van der Waals surface area contributed by atoms with E-state index in [1.807, 2.05) is 30.5 Å². The average Bonchev–Trinajstić information content (AvgIpc) is 3.28. The van der Waals surface area contributed by atoms with Gasteiger partial charge in [-0.25, -0.2) is 0 Å². The summed E-state index contributed by atoms with van der Waals surface area (Å²) < 4.78 is 10.7. The predicted molar refractivity (Wildman–Crippen MR) is 120 cm³/mol. The van der Waals surface area contributed by atoms with Crippen LogP contribution in [0.1, 0.15) is 11.5 Å². The lowest BCUT2D eigenvalue weighted by molar-refractivity contribution is 0.215. The number of aromatic nitrogens is 3. The number of hydrogen-bond acceptors (Lipinski definition) is 7. The predicted octanol–water partition coefficient (Wildman–Crippen LogP) is 3.92. The minimum atomic E-state index is 0.606. The summed E-state index contributed by atoms with van der Waals surface area (Å²) in [4.78, 5) is 13.9. The quantitative estimate of drug-likeness (QED) is 0.489. The summed E-state index contributed by atoms with van der Waals surface area (Å²) in [7, 11) is 1.65. The summed E-state index contributed by atoms with van der Waals surface area (Å²) >= 11 is 0. The fraction of sp³-hybridized carbons (Fsp3) is 0.292. The molecule has 2 aromatic carbocycles. The van der Waals surface area contributed by atoms with Crippen LogP contribution in [0, 0.1) is 6.92 Å². The normalized spacial score (nSPS) is 14.8. The first-order valence-corrected chi connectivity index (χ1v) is 10.5. The summed E-state index contributed by atoms with van der Waals surface area (Å²) in [6.07, 6.45) is 1.90. The molecule has 0 atom stereocenters. The largest absolute Gasteiger partial charge is 0.497 e. The van der Waals surface area contributed by atoms with Crippen molar-refractivity contribution in [2.45, 2.75) is 13.5 Å². The Balaban J connectivity index is 1.24. The first kappa shape index (κ1) is 19.5. The summed E-state index contributed by atoms with van der Waals surface area (Å²) in [6, 6.07) is 16.2. The van der Waals surface area contributed by atoms with Crippen molar-refractivity contribution in [3.05, 3.63) is 66.2 Å². The van der Waals surface area contributed by atoms with E-state index in [1.165, 1.54) is 16.6 Å². The van der Waals surface area contributed by atoms with Crippen molar-refractivity contribution in [1.29, 1.82) is 0 Å². The van der Waals surface area contributed by atoms with Gasteiger partial charge in [0.05, 0.1) is 19.2 Å². The lowest BCUT2D eigenvalue weighted by Gasteiger charge is -2.35. The molecule has 1 aliphatic heterocycles. The van der Waals surface area contributed by atoms with Crippen LogP contribution in [0.5, 0.6) is 5.75 Å². The Morgan fingerprint density at radius 2 is 1.81 bits per heavy atom. The van der Waals surface area contributed by atoms with Crippen LogP contribution in [0.3, 0.4) is 0 Å². The Kier molecular flexibility index (Phi) is 5.26. The molecule has 0 unspecified atom stereocenters. The van der Waals surface area contributed by atoms with E-state index < -0.39 is 0 Å². The number of anilines is 1. The van der Waals surface area contributed by atoms with E-state index in [1.54, 1.807) is 7.11 Å². The van der Waals surface area contributed by atoms with Crippen LogP contribution in [-0.2, 0) is 6.54 Å². The van der Waals surface area contributed by atoms with Gasteiger partial charge in [0.1, 0.15) is 5.75 Å². The van der Waals surface area contributed by atoms with Crippen molar-refractivity contribution in [2.24, 2.45) is 0 Å². The first-order valence-electron chi connectivity index (χ1n) is 10.5. The van der Waals surface area contributed by atoms with Gasteiger partial charge in [0.2, 0.25) is 11.7 Å². The van der Waals surface area contributed by atoms with E-state index in [-0.39, 0.29) is 0 Å². The maximum absolute atomic E-state index is 5.50. The molecule has 5 rings (SSSR count). The van der Waals surface area contributed by atoms with E-state index in [9.17, 15) is 0 Å². The zero-order valence-corrected chi connectivity index (χ0v) is 17.8. The third kappa shape index (κ3) is 4.09. The number of methoxy groups -OCH3 is 1. The van der Waals surface area contributed by atoms with Gasteiger partial charge in [-0.2, -0.15) is 4.98 Å². The van der Waals surface area contributed by atoms with Crippen molar-refractivity contribution in [2.75, 3.05) is 38.2 Å². The van der Waals surface area contributed by atoms with E-state index in [0.717, 1.165) is 43.0 Å². The number of benzene rings is 2. The lowest BCUT2D eigenvalue weighted by Crippen LogP contribution is -2.46.